The molecule has 1 atom stereocenters. The van der Waals surface area contributed by atoms with Gasteiger partial charge in [0.1, 0.15) is 11.9 Å². The van der Waals surface area contributed by atoms with Crippen LogP contribution < -0.4 is 10.1 Å². The van der Waals surface area contributed by atoms with Gasteiger partial charge in [-0.1, -0.05) is 25.4 Å². The van der Waals surface area contributed by atoms with E-state index >= 15 is 0 Å². The molecule has 1 heterocycles. The molecule has 0 saturated carbocycles. The van der Waals surface area contributed by atoms with Crippen molar-refractivity contribution in [3.8, 4) is 5.75 Å². The zero-order chi connectivity index (χ0) is 13.0. The van der Waals surface area contributed by atoms with Gasteiger partial charge in [-0.25, -0.2) is 0 Å². The smallest absolute Gasteiger partial charge is 0.123 e. The molecule has 0 bridgehead atoms. The molecule has 3 heteroatoms. The maximum Gasteiger partial charge on any atom is 0.123 e. The fourth-order valence-corrected chi connectivity index (χ4v) is 2.51. The summed E-state index contributed by atoms with van der Waals surface area (Å²) in [6, 6.07) is 5.99. The Labute approximate surface area is 115 Å². The van der Waals surface area contributed by atoms with Gasteiger partial charge in [-0.15, -0.1) is 0 Å². The van der Waals surface area contributed by atoms with Crippen LogP contribution in [0.2, 0.25) is 5.02 Å². The molecule has 0 spiro atoms. The van der Waals surface area contributed by atoms with E-state index in [0.29, 0.717) is 12.0 Å². The molecule has 100 valence electrons. The van der Waals surface area contributed by atoms with E-state index in [1.165, 1.54) is 5.56 Å². The van der Waals surface area contributed by atoms with E-state index in [4.69, 9.17) is 16.3 Å². The highest BCUT2D eigenvalue weighted by molar-refractivity contribution is 6.30. The SMILES string of the molecule is CCC(C)c1cc(Cl)ccc1OC1CCNCC1. The zero-order valence-corrected chi connectivity index (χ0v) is 12.0. The zero-order valence-electron chi connectivity index (χ0n) is 11.2. The molecule has 0 aliphatic carbocycles. The molecule has 2 nitrogen and oxygen atoms in total. The second kappa shape index (κ2) is 6.44. The van der Waals surface area contributed by atoms with Crippen LogP contribution in [0.3, 0.4) is 0 Å². The number of nitrogens with one attached hydrogen (secondary N) is 1. The highest BCUT2D eigenvalue weighted by Crippen LogP contribution is 2.32. The summed E-state index contributed by atoms with van der Waals surface area (Å²) in [5, 5.41) is 4.15. The standard InChI is InChI=1S/C15H22ClNO/c1-3-11(2)14-10-12(16)4-5-15(14)18-13-6-8-17-9-7-13/h4-5,10-11,13,17H,3,6-9H2,1-2H3. The summed E-state index contributed by atoms with van der Waals surface area (Å²) in [5.74, 6) is 1.50. The Bertz CT molecular complexity index is 388. The fraction of sp³-hybridized carbons (Fsp3) is 0.600. The Morgan fingerprint density at radius 3 is 2.78 bits per heavy atom. The maximum absolute atomic E-state index is 6.17. The predicted octanol–water partition coefficient (Wildman–Crippen LogP) is 3.98. The second-order valence-corrected chi connectivity index (χ2v) is 5.50. The number of benzene rings is 1. The Kier molecular flexibility index (Phi) is 4.90. The molecule has 1 aromatic rings. The first-order valence-electron chi connectivity index (χ1n) is 6.87. The lowest BCUT2D eigenvalue weighted by Crippen LogP contribution is -2.34. The molecule has 1 aliphatic rings. The van der Waals surface area contributed by atoms with E-state index in [2.05, 4.69) is 19.2 Å². The van der Waals surface area contributed by atoms with Crippen molar-refractivity contribution in [2.45, 2.75) is 45.1 Å². The van der Waals surface area contributed by atoms with Crippen molar-refractivity contribution in [2.24, 2.45) is 0 Å². The van der Waals surface area contributed by atoms with Gasteiger partial charge in [0.15, 0.2) is 0 Å². The number of halogens is 1. The van der Waals surface area contributed by atoms with Crippen molar-refractivity contribution in [3.63, 3.8) is 0 Å². The van der Waals surface area contributed by atoms with E-state index < -0.39 is 0 Å². The van der Waals surface area contributed by atoms with Gasteiger partial charge in [-0.2, -0.15) is 0 Å². The summed E-state index contributed by atoms with van der Waals surface area (Å²) in [5.41, 5.74) is 1.24. The average molecular weight is 268 g/mol. The van der Waals surface area contributed by atoms with Crippen LogP contribution in [0, 0.1) is 0 Å². The topological polar surface area (TPSA) is 21.3 Å². The highest BCUT2D eigenvalue weighted by Gasteiger charge is 2.18. The van der Waals surface area contributed by atoms with Crippen molar-refractivity contribution in [2.75, 3.05) is 13.1 Å². The molecular formula is C15H22ClNO. The minimum Gasteiger partial charge on any atom is -0.490 e. The normalized spacial score (nSPS) is 18.6. The third kappa shape index (κ3) is 3.39. The van der Waals surface area contributed by atoms with Gasteiger partial charge in [0.05, 0.1) is 0 Å². The van der Waals surface area contributed by atoms with E-state index in [1.54, 1.807) is 0 Å². The van der Waals surface area contributed by atoms with Crippen LogP contribution in [0.4, 0.5) is 0 Å². The molecule has 0 amide bonds. The van der Waals surface area contributed by atoms with Crippen LogP contribution in [0.15, 0.2) is 18.2 Å². The van der Waals surface area contributed by atoms with Crippen LogP contribution in [0.25, 0.3) is 0 Å². The van der Waals surface area contributed by atoms with Crippen molar-refractivity contribution in [1.29, 1.82) is 0 Å². The largest absolute Gasteiger partial charge is 0.490 e. The average Bonchev–Trinajstić information content (AvgIpc) is 2.41. The Hall–Kier alpha value is -0.730. The lowest BCUT2D eigenvalue weighted by atomic mass is 9.97. The molecule has 1 aliphatic heterocycles. The summed E-state index contributed by atoms with van der Waals surface area (Å²) in [7, 11) is 0. The Balaban J connectivity index is 2.15. The quantitative estimate of drug-likeness (QED) is 0.891. The fourth-order valence-electron chi connectivity index (χ4n) is 2.32. The Morgan fingerprint density at radius 1 is 1.39 bits per heavy atom. The summed E-state index contributed by atoms with van der Waals surface area (Å²) in [6.45, 7) is 6.52. The van der Waals surface area contributed by atoms with Gasteiger partial charge in [-0.05, 0) is 62.0 Å². The molecule has 1 saturated heterocycles. The van der Waals surface area contributed by atoms with E-state index in [9.17, 15) is 0 Å². The number of hydrogen-bond acceptors (Lipinski definition) is 2. The molecule has 1 aromatic carbocycles. The minimum absolute atomic E-state index is 0.343. The maximum atomic E-state index is 6.17. The van der Waals surface area contributed by atoms with Crippen molar-refractivity contribution in [3.05, 3.63) is 28.8 Å². The predicted molar refractivity (Wildman–Crippen MR) is 76.7 cm³/mol. The summed E-state index contributed by atoms with van der Waals surface area (Å²) < 4.78 is 6.17. The van der Waals surface area contributed by atoms with Crippen LogP contribution in [-0.2, 0) is 0 Å². The highest BCUT2D eigenvalue weighted by atomic mass is 35.5. The van der Waals surface area contributed by atoms with Crippen molar-refractivity contribution in [1.82, 2.24) is 5.32 Å². The van der Waals surface area contributed by atoms with Crippen LogP contribution in [0.5, 0.6) is 5.75 Å². The number of hydrogen-bond donors (Lipinski definition) is 1. The third-order valence-electron chi connectivity index (χ3n) is 3.69. The first-order chi connectivity index (χ1) is 8.70. The van der Waals surface area contributed by atoms with Gasteiger partial charge in [0.2, 0.25) is 0 Å². The number of ether oxygens (including phenoxy) is 1. The Morgan fingerprint density at radius 2 is 2.11 bits per heavy atom. The van der Waals surface area contributed by atoms with Gasteiger partial charge < -0.3 is 10.1 Å². The van der Waals surface area contributed by atoms with Gasteiger partial charge in [0, 0.05) is 5.02 Å². The first-order valence-corrected chi connectivity index (χ1v) is 7.25. The second-order valence-electron chi connectivity index (χ2n) is 5.06. The van der Waals surface area contributed by atoms with E-state index in [0.717, 1.165) is 43.1 Å². The summed E-state index contributed by atoms with van der Waals surface area (Å²) in [4.78, 5) is 0. The molecule has 1 unspecified atom stereocenters. The molecule has 2 rings (SSSR count). The molecule has 18 heavy (non-hydrogen) atoms. The lowest BCUT2D eigenvalue weighted by molar-refractivity contribution is 0.160. The van der Waals surface area contributed by atoms with Crippen molar-refractivity contribution < 1.29 is 4.74 Å². The van der Waals surface area contributed by atoms with Gasteiger partial charge in [-0.3, -0.25) is 0 Å². The molecule has 0 radical (unpaired) electrons. The lowest BCUT2D eigenvalue weighted by Gasteiger charge is -2.26. The van der Waals surface area contributed by atoms with Crippen LogP contribution in [-0.4, -0.2) is 19.2 Å². The van der Waals surface area contributed by atoms with Crippen molar-refractivity contribution >= 4 is 11.6 Å². The molecular weight excluding hydrogens is 246 g/mol. The van der Waals surface area contributed by atoms with Crippen LogP contribution in [0.1, 0.15) is 44.6 Å². The molecule has 1 N–H and O–H groups in total. The summed E-state index contributed by atoms with van der Waals surface area (Å²) in [6.07, 6.45) is 3.61. The van der Waals surface area contributed by atoms with Gasteiger partial charge >= 0.3 is 0 Å². The van der Waals surface area contributed by atoms with E-state index in [1.807, 2.05) is 18.2 Å². The minimum atomic E-state index is 0.343. The number of rotatable bonds is 4. The third-order valence-corrected chi connectivity index (χ3v) is 3.93. The summed E-state index contributed by atoms with van der Waals surface area (Å²) >= 11 is 6.10. The monoisotopic (exact) mass is 267 g/mol. The number of piperidine rings is 1. The van der Waals surface area contributed by atoms with Gasteiger partial charge in [0.25, 0.3) is 0 Å². The molecule has 1 fully saturated rings. The van der Waals surface area contributed by atoms with Crippen LogP contribution >= 0.6 is 11.6 Å². The molecule has 0 aromatic heterocycles. The first kappa shape index (κ1) is 13.7. The van der Waals surface area contributed by atoms with E-state index in [-0.39, 0.29) is 0 Å².